The molecule has 0 bridgehead atoms. The molecule has 0 aliphatic heterocycles. The molecule has 1 N–H and O–H groups in total. The van der Waals surface area contributed by atoms with Crippen molar-refractivity contribution in [1.29, 1.82) is 0 Å². The van der Waals surface area contributed by atoms with Crippen LogP contribution in [0, 0.1) is 5.92 Å². The molecule has 2 rings (SSSR count). The van der Waals surface area contributed by atoms with Gasteiger partial charge in [-0.1, -0.05) is 12.2 Å². The van der Waals surface area contributed by atoms with Gasteiger partial charge in [0.1, 0.15) is 0 Å². The fourth-order valence-electron chi connectivity index (χ4n) is 2.97. The van der Waals surface area contributed by atoms with Crippen molar-refractivity contribution in [1.82, 2.24) is 0 Å². The van der Waals surface area contributed by atoms with Gasteiger partial charge in [-0.05, 0) is 42.9 Å². The fraction of sp³-hybridized carbons (Fsp3) is 0.471. The van der Waals surface area contributed by atoms with E-state index in [-0.39, 0.29) is 5.92 Å². The third kappa shape index (κ3) is 3.18. The van der Waals surface area contributed by atoms with Crippen molar-refractivity contribution >= 4 is 5.97 Å². The van der Waals surface area contributed by atoms with Crippen LogP contribution in [0.2, 0.25) is 0 Å². The molecule has 1 aliphatic rings. The number of aliphatic carboxylic acids is 1. The maximum Gasteiger partial charge on any atom is 0.311 e. The average Bonchev–Trinajstić information content (AvgIpc) is 2.54. The van der Waals surface area contributed by atoms with Crippen molar-refractivity contribution < 1.29 is 24.1 Å². The summed E-state index contributed by atoms with van der Waals surface area (Å²) in [6, 6.07) is 3.45. The van der Waals surface area contributed by atoms with E-state index in [0.717, 1.165) is 19.3 Å². The minimum Gasteiger partial charge on any atom is -0.493 e. The highest BCUT2D eigenvalue weighted by atomic mass is 16.5. The molecule has 1 aliphatic carbocycles. The number of hydrogen-bond acceptors (Lipinski definition) is 4. The molecule has 1 aromatic rings. The zero-order valence-electron chi connectivity index (χ0n) is 13.2. The second-order valence-electron chi connectivity index (χ2n) is 5.30. The first-order valence-corrected chi connectivity index (χ1v) is 7.31. The van der Waals surface area contributed by atoms with Gasteiger partial charge in [-0.2, -0.15) is 0 Å². The van der Waals surface area contributed by atoms with Crippen LogP contribution >= 0.6 is 0 Å². The predicted octanol–water partition coefficient (Wildman–Crippen LogP) is 3.24. The molecule has 1 unspecified atom stereocenters. The van der Waals surface area contributed by atoms with Gasteiger partial charge < -0.3 is 19.3 Å². The van der Waals surface area contributed by atoms with Crippen LogP contribution in [0.3, 0.4) is 0 Å². The summed E-state index contributed by atoms with van der Waals surface area (Å²) in [5.41, 5.74) is 0.665. The van der Waals surface area contributed by atoms with E-state index in [1.807, 2.05) is 6.08 Å². The second-order valence-corrected chi connectivity index (χ2v) is 5.30. The number of carbonyl (C=O) groups is 1. The molecule has 0 heterocycles. The highest BCUT2D eigenvalue weighted by Gasteiger charge is 2.30. The van der Waals surface area contributed by atoms with Crippen molar-refractivity contribution in [2.24, 2.45) is 5.92 Å². The van der Waals surface area contributed by atoms with Crippen molar-refractivity contribution in [3.8, 4) is 17.2 Å². The number of allylic oxidation sites excluding steroid dienone is 2. The summed E-state index contributed by atoms with van der Waals surface area (Å²) in [5.74, 6) is -0.0620. The summed E-state index contributed by atoms with van der Waals surface area (Å²) in [6.07, 6.45) is 6.95. The molecule has 120 valence electrons. The standard InChI is InChI=1S/C17H22O5/c1-20-13-9-12(10-14(21-2)16(13)22-3)15(17(18)19)11-7-5-4-6-8-11/h5,7,9-11,15H,4,6,8H2,1-3H3,(H,18,19)/t11-,15?/m1/s1. The molecule has 2 atom stereocenters. The highest BCUT2D eigenvalue weighted by molar-refractivity contribution is 5.78. The third-order valence-corrected chi connectivity index (χ3v) is 4.03. The molecule has 5 heteroatoms. The molecular weight excluding hydrogens is 284 g/mol. The van der Waals surface area contributed by atoms with Gasteiger partial charge in [0.15, 0.2) is 11.5 Å². The molecule has 0 spiro atoms. The van der Waals surface area contributed by atoms with Gasteiger partial charge in [0.25, 0.3) is 0 Å². The van der Waals surface area contributed by atoms with E-state index in [9.17, 15) is 9.90 Å². The Morgan fingerprint density at radius 2 is 1.82 bits per heavy atom. The number of methoxy groups -OCH3 is 3. The molecule has 1 aromatic carbocycles. The zero-order chi connectivity index (χ0) is 16.1. The van der Waals surface area contributed by atoms with Crippen molar-refractivity contribution in [2.45, 2.75) is 25.2 Å². The summed E-state index contributed by atoms with van der Waals surface area (Å²) in [4.78, 5) is 11.8. The number of ether oxygens (including phenoxy) is 3. The first-order chi connectivity index (χ1) is 10.6. The topological polar surface area (TPSA) is 65.0 Å². The number of benzene rings is 1. The average molecular weight is 306 g/mol. The maximum atomic E-state index is 11.8. The van der Waals surface area contributed by atoms with Crippen molar-refractivity contribution in [2.75, 3.05) is 21.3 Å². The minimum atomic E-state index is -0.842. The lowest BCUT2D eigenvalue weighted by Gasteiger charge is -2.25. The molecule has 0 radical (unpaired) electrons. The smallest absolute Gasteiger partial charge is 0.311 e. The van der Waals surface area contributed by atoms with Crippen LogP contribution in [0.4, 0.5) is 0 Å². The fourth-order valence-corrected chi connectivity index (χ4v) is 2.97. The Hall–Kier alpha value is -2.17. The largest absolute Gasteiger partial charge is 0.493 e. The van der Waals surface area contributed by atoms with Gasteiger partial charge in [0.05, 0.1) is 27.2 Å². The van der Waals surface area contributed by atoms with Crippen molar-refractivity contribution in [3.63, 3.8) is 0 Å². The quantitative estimate of drug-likeness (QED) is 0.817. The SMILES string of the molecule is COc1cc(C(C(=O)O)[C@@H]2C=CCCC2)cc(OC)c1OC. The van der Waals surface area contributed by atoms with Crippen LogP contribution < -0.4 is 14.2 Å². The van der Waals surface area contributed by atoms with Crippen LogP contribution in [0.1, 0.15) is 30.7 Å². The Kier molecular flexibility index (Phi) is 5.31. The van der Waals surface area contributed by atoms with Crippen LogP contribution in [0.5, 0.6) is 17.2 Å². The third-order valence-electron chi connectivity index (χ3n) is 4.03. The van der Waals surface area contributed by atoms with Gasteiger partial charge in [-0.15, -0.1) is 0 Å². The molecule has 5 nitrogen and oxygen atoms in total. The maximum absolute atomic E-state index is 11.8. The molecule has 0 amide bonds. The number of hydrogen-bond donors (Lipinski definition) is 1. The van der Waals surface area contributed by atoms with Gasteiger partial charge >= 0.3 is 5.97 Å². The van der Waals surface area contributed by atoms with E-state index in [1.165, 1.54) is 21.3 Å². The van der Waals surface area contributed by atoms with Gasteiger partial charge in [0.2, 0.25) is 5.75 Å². The van der Waals surface area contributed by atoms with E-state index in [4.69, 9.17) is 14.2 Å². The zero-order valence-corrected chi connectivity index (χ0v) is 13.2. The van der Waals surface area contributed by atoms with Crippen molar-refractivity contribution in [3.05, 3.63) is 29.8 Å². The molecule has 0 fully saturated rings. The summed E-state index contributed by atoms with van der Waals surface area (Å²) in [5, 5.41) is 9.69. The first kappa shape index (κ1) is 16.2. The lowest BCUT2D eigenvalue weighted by Crippen LogP contribution is -2.21. The van der Waals surface area contributed by atoms with E-state index in [1.54, 1.807) is 12.1 Å². The summed E-state index contributed by atoms with van der Waals surface area (Å²) in [7, 11) is 4.58. The summed E-state index contributed by atoms with van der Waals surface area (Å²) >= 11 is 0. The highest BCUT2D eigenvalue weighted by Crippen LogP contribution is 2.42. The Bertz CT molecular complexity index is 539. The van der Waals surface area contributed by atoms with Crippen LogP contribution in [-0.4, -0.2) is 32.4 Å². The van der Waals surface area contributed by atoms with E-state index in [0.29, 0.717) is 22.8 Å². The number of rotatable bonds is 6. The Morgan fingerprint density at radius 1 is 1.18 bits per heavy atom. The van der Waals surface area contributed by atoms with E-state index < -0.39 is 11.9 Å². The summed E-state index contributed by atoms with van der Waals surface area (Å²) in [6.45, 7) is 0. The van der Waals surface area contributed by atoms with E-state index in [2.05, 4.69) is 6.08 Å². The molecule has 22 heavy (non-hydrogen) atoms. The van der Waals surface area contributed by atoms with Gasteiger partial charge in [0, 0.05) is 0 Å². The Balaban J connectivity index is 2.49. The van der Waals surface area contributed by atoms with Crippen LogP contribution in [-0.2, 0) is 4.79 Å². The van der Waals surface area contributed by atoms with Crippen LogP contribution in [0.25, 0.3) is 0 Å². The van der Waals surface area contributed by atoms with Crippen LogP contribution in [0.15, 0.2) is 24.3 Å². The summed E-state index contributed by atoms with van der Waals surface area (Å²) < 4.78 is 15.9. The van der Waals surface area contributed by atoms with Gasteiger partial charge in [-0.3, -0.25) is 4.79 Å². The lowest BCUT2D eigenvalue weighted by atomic mass is 9.80. The minimum absolute atomic E-state index is 0.0194. The number of carboxylic acids is 1. The molecule has 0 saturated heterocycles. The first-order valence-electron chi connectivity index (χ1n) is 7.31. The van der Waals surface area contributed by atoms with Gasteiger partial charge in [-0.25, -0.2) is 0 Å². The molecule has 0 saturated carbocycles. The predicted molar refractivity (Wildman–Crippen MR) is 83.0 cm³/mol. The lowest BCUT2D eigenvalue weighted by molar-refractivity contribution is -0.139. The second kappa shape index (κ2) is 7.20. The van der Waals surface area contributed by atoms with E-state index >= 15 is 0 Å². The molecule has 0 aromatic heterocycles. The Labute approximate surface area is 130 Å². The number of carboxylic acid groups (broad SMARTS) is 1. The Morgan fingerprint density at radius 3 is 2.23 bits per heavy atom. The normalized spacial score (nSPS) is 18.6. The molecular formula is C17H22O5. The monoisotopic (exact) mass is 306 g/mol.